The fourth-order valence-corrected chi connectivity index (χ4v) is 2.48. The highest BCUT2D eigenvalue weighted by atomic mass is 16.5. The average molecular weight is 290 g/mol. The molecule has 1 aromatic carbocycles. The van der Waals surface area contributed by atoms with Gasteiger partial charge < -0.3 is 15.0 Å². The molecule has 1 amide bonds. The molecule has 0 spiro atoms. The molecule has 1 fully saturated rings. The second-order valence-electron chi connectivity index (χ2n) is 6.04. The third-order valence-corrected chi connectivity index (χ3v) is 3.87. The smallest absolute Gasteiger partial charge is 0.251 e. The van der Waals surface area contributed by atoms with Gasteiger partial charge in [-0.2, -0.15) is 0 Å². The van der Waals surface area contributed by atoms with Crippen molar-refractivity contribution >= 4 is 5.91 Å². The van der Waals surface area contributed by atoms with Gasteiger partial charge in [-0.3, -0.25) is 4.79 Å². The summed E-state index contributed by atoms with van der Waals surface area (Å²) >= 11 is 0. The van der Waals surface area contributed by atoms with E-state index in [4.69, 9.17) is 4.74 Å². The summed E-state index contributed by atoms with van der Waals surface area (Å²) in [5.74, 6) is 0.474. The van der Waals surface area contributed by atoms with Crippen LogP contribution in [0, 0.1) is 5.92 Å². The highest BCUT2D eigenvalue weighted by Gasteiger charge is 2.15. The molecule has 1 N–H and O–H groups in total. The van der Waals surface area contributed by atoms with Crippen molar-refractivity contribution in [3.05, 3.63) is 35.4 Å². The first-order chi connectivity index (χ1) is 10.1. The van der Waals surface area contributed by atoms with Gasteiger partial charge >= 0.3 is 0 Å². The van der Waals surface area contributed by atoms with Crippen LogP contribution in [0.1, 0.15) is 28.8 Å². The molecule has 0 bridgehead atoms. The van der Waals surface area contributed by atoms with Crippen LogP contribution in [-0.2, 0) is 11.2 Å². The number of carbonyl (C=O) groups excluding carboxylic acids is 1. The Morgan fingerprint density at radius 1 is 1.33 bits per heavy atom. The molecule has 0 aromatic heterocycles. The minimum Gasteiger partial charge on any atom is -0.381 e. The first kappa shape index (κ1) is 16.0. The first-order valence-corrected chi connectivity index (χ1v) is 7.75. The van der Waals surface area contributed by atoms with Crippen molar-refractivity contribution in [2.24, 2.45) is 5.92 Å². The Labute approximate surface area is 127 Å². The highest BCUT2D eigenvalue weighted by Crippen LogP contribution is 2.12. The van der Waals surface area contributed by atoms with Gasteiger partial charge in [0, 0.05) is 25.3 Å². The molecule has 4 heteroatoms. The summed E-state index contributed by atoms with van der Waals surface area (Å²) < 4.78 is 5.43. The minimum atomic E-state index is 0.0136. The zero-order valence-corrected chi connectivity index (χ0v) is 13.1. The van der Waals surface area contributed by atoms with Gasteiger partial charge in [0.25, 0.3) is 5.91 Å². The normalized spacial score (nSPS) is 18.7. The van der Waals surface area contributed by atoms with Crippen LogP contribution in [0.3, 0.4) is 0 Å². The monoisotopic (exact) mass is 290 g/mol. The Hall–Kier alpha value is -1.39. The van der Waals surface area contributed by atoms with Gasteiger partial charge in [-0.1, -0.05) is 12.1 Å². The molecule has 1 heterocycles. The largest absolute Gasteiger partial charge is 0.381 e. The predicted molar refractivity (Wildman–Crippen MR) is 84.6 cm³/mol. The maximum atomic E-state index is 12.1. The van der Waals surface area contributed by atoms with Crippen LogP contribution in [0.25, 0.3) is 0 Å². The van der Waals surface area contributed by atoms with Crippen LogP contribution in [-0.4, -0.2) is 51.2 Å². The number of carbonyl (C=O) groups is 1. The summed E-state index contributed by atoms with van der Waals surface area (Å²) in [6.07, 6.45) is 3.25. The molecule has 1 aliphatic heterocycles. The standard InChI is InChI=1S/C17H26N2O2/c1-19(2)10-9-14-5-7-16(8-6-14)17(20)18-12-15-4-3-11-21-13-15/h5-8,15H,3-4,9-13H2,1-2H3,(H,18,20)/t15-/m1/s1. The van der Waals surface area contributed by atoms with Gasteiger partial charge in [0.1, 0.15) is 0 Å². The highest BCUT2D eigenvalue weighted by molar-refractivity contribution is 5.94. The van der Waals surface area contributed by atoms with E-state index in [0.29, 0.717) is 12.5 Å². The molecule has 1 aliphatic rings. The summed E-state index contributed by atoms with van der Waals surface area (Å²) in [4.78, 5) is 14.3. The average Bonchev–Trinajstić information content (AvgIpc) is 2.52. The summed E-state index contributed by atoms with van der Waals surface area (Å²) in [7, 11) is 4.13. The maximum absolute atomic E-state index is 12.1. The van der Waals surface area contributed by atoms with Crippen LogP contribution in [0.15, 0.2) is 24.3 Å². The molecule has 21 heavy (non-hydrogen) atoms. The predicted octanol–water partition coefficient (Wildman–Crippen LogP) is 1.95. The first-order valence-electron chi connectivity index (χ1n) is 7.75. The number of nitrogens with one attached hydrogen (secondary N) is 1. The lowest BCUT2D eigenvalue weighted by Crippen LogP contribution is -2.33. The van der Waals surface area contributed by atoms with Gasteiger partial charge in [-0.05, 0) is 57.0 Å². The summed E-state index contributed by atoms with van der Waals surface area (Å²) in [5.41, 5.74) is 2.00. The number of hydrogen-bond acceptors (Lipinski definition) is 3. The Kier molecular flexibility index (Phi) is 6.21. The van der Waals surface area contributed by atoms with E-state index in [-0.39, 0.29) is 5.91 Å². The maximum Gasteiger partial charge on any atom is 0.251 e. The SMILES string of the molecule is CN(C)CCc1ccc(C(=O)NC[C@H]2CCCOC2)cc1. The fraction of sp³-hybridized carbons (Fsp3) is 0.588. The third kappa shape index (κ3) is 5.48. The molecule has 2 rings (SSSR count). The lowest BCUT2D eigenvalue weighted by Gasteiger charge is -2.22. The van der Waals surface area contributed by atoms with Crippen LogP contribution in [0.5, 0.6) is 0 Å². The van der Waals surface area contributed by atoms with E-state index in [1.54, 1.807) is 0 Å². The molecule has 1 atom stereocenters. The summed E-state index contributed by atoms with van der Waals surface area (Å²) in [6, 6.07) is 7.92. The third-order valence-electron chi connectivity index (χ3n) is 3.87. The number of rotatable bonds is 6. The molecule has 4 nitrogen and oxygen atoms in total. The number of benzene rings is 1. The van der Waals surface area contributed by atoms with Crippen molar-refractivity contribution in [3.63, 3.8) is 0 Å². The quantitative estimate of drug-likeness (QED) is 0.870. The van der Waals surface area contributed by atoms with Gasteiger partial charge in [-0.25, -0.2) is 0 Å². The molecule has 0 saturated carbocycles. The van der Waals surface area contributed by atoms with Crippen molar-refractivity contribution in [2.45, 2.75) is 19.3 Å². The number of nitrogens with zero attached hydrogens (tertiary/aromatic N) is 1. The molecular formula is C17H26N2O2. The Balaban J connectivity index is 1.79. The van der Waals surface area contributed by atoms with Crippen LogP contribution in [0.4, 0.5) is 0 Å². The zero-order valence-electron chi connectivity index (χ0n) is 13.1. The van der Waals surface area contributed by atoms with Crippen LogP contribution in [0.2, 0.25) is 0 Å². The second-order valence-corrected chi connectivity index (χ2v) is 6.04. The van der Waals surface area contributed by atoms with Crippen molar-refractivity contribution in [1.82, 2.24) is 10.2 Å². The Morgan fingerprint density at radius 3 is 2.71 bits per heavy atom. The van der Waals surface area contributed by atoms with Crippen molar-refractivity contribution in [3.8, 4) is 0 Å². The zero-order chi connectivity index (χ0) is 15.1. The number of ether oxygens (including phenoxy) is 1. The van der Waals surface area contributed by atoms with Crippen LogP contribution >= 0.6 is 0 Å². The summed E-state index contributed by atoms with van der Waals surface area (Å²) in [5, 5.41) is 3.01. The molecule has 0 unspecified atom stereocenters. The van der Waals surface area contributed by atoms with E-state index in [2.05, 4.69) is 24.3 Å². The molecule has 1 saturated heterocycles. The Morgan fingerprint density at radius 2 is 2.10 bits per heavy atom. The number of hydrogen-bond donors (Lipinski definition) is 1. The van der Waals surface area contributed by atoms with Crippen molar-refractivity contribution in [1.29, 1.82) is 0 Å². The second kappa shape index (κ2) is 8.15. The van der Waals surface area contributed by atoms with Gasteiger partial charge in [0.2, 0.25) is 0 Å². The fourth-order valence-electron chi connectivity index (χ4n) is 2.48. The van der Waals surface area contributed by atoms with Gasteiger partial charge in [-0.15, -0.1) is 0 Å². The Bertz CT molecular complexity index is 437. The summed E-state index contributed by atoms with van der Waals surface area (Å²) in [6.45, 7) is 3.36. The van der Waals surface area contributed by atoms with E-state index >= 15 is 0 Å². The lowest BCUT2D eigenvalue weighted by atomic mass is 10.0. The number of likely N-dealkylation sites (N-methyl/N-ethyl adjacent to an activating group) is 1. The minimum absolute atomic E-state index is 0.0136. The van der Waals surface area contributed by atoms with Crippen LogP contribution < -0.4 is 5.32 Å². The van der Waals surface area contributed by atoms with E-state index in [0.717, 1.165) is 44.6 Å². The van der Waals surface area contributed by atoms with E-state index in [9.17, 15) is 4.79 Å². The molecule has 116 valence electrons. The number of amides is 1. The molecule has 1 aromatic rings. The van der Waals surface area contributed by atoms with Crippen molar-refractivity contribution < 1.29 is 9.53 Å². The van der Waals surface area contributed by atoms with E-state index < -0.39 is 0 Å². The van der Waals surface area contributed by atoms with Crippen molar-refractivity contribution in [2.75, 3.05) is 40.4 Å². The molecular weight excluding hydrogens is 264 g/mol. The van der Waals surface area contributed by atoms with E-state index in [1.807, 2.05) is 24.3 Å². The molecule has 0 radical (unpaired) electrons. The van der Waals surface area contributed by atoms with Gasteiger partial charge in [0.05, 0.1) is 6.61 Å². The van der Waals surface area contributed by atoms with Gasteiger partial charge in [0.15, 0.2) is 0 Å². The van der Waals surface area contributed by atoms with E-state index in [1.165, 1.54) is 5.56 Å². The topological polar surface area (TPSA) is 41.6 Å². The lowest BCUT2D eigenvalue weighted by molar-refractivity contribution is 0.0536. The molecule has 0 aliphatic carbocycles.